The van der Waals surface area contributed by atoms with Crippen molar-refractivity contribution in [1.29, 1.82) is 0 Å². The van der Waals surface area contributed by atoms with Gasteiger partial charge in [-0.25, -0.2) is 4.98 Å². The van der Waals surface area contributed by atoms with Gasteiger partial charge in [0, 0.05) is 28.7 Å². The van der Waals surface area contributed by atoms with Gasteiger partial charge < -0.3 is 10.3 Å². The Labute approximate surface area is 143 Å². The van der Waals surface area contributed by atoms with Crippen LogP contribution in [0.5, 0.6) is 0 Å². The number of carbonyl (C=O) groups excluding carboxylic acids is 1. The summed E-state index contributed by atoms with van der Waals surface area (Å²) in [6.45, 7) is 2.03. The van der Waals surface area contributed by atoms with Crippen molar-refractivity contribution < 1.29 is 4.79 Å². The van der Waals surface area contributed by atoms with Crippen LogP contribution in [0.1, 0.15) is 22.8 Å². The predicted molar refractivity (Wildman–Crippen MR) is 98.6 cm³/mol. The maximum atomic E-state index is 12.5. The fourth-order valence-corrected chi connectivity index (χ4v) is 3.70. The summed E-state index contributed by atoms with van der Waals surface area (Å²) >= 11 is 1.55. The lowest BCUT2D eigenvalue weighted by atomic mass is 10.1. The molecule has 2 heterocycles. The van der Waals surface area contributed by atoms with Gasteiger partial charge in [-0.3, -0.25) is 4.79 Å². The predicted octanol–water partition coefficient (Wildman–Crippen LogP) is 4.14. The Balaban J connectivity index is 1.48. The average Bonchev–Trinajstić information content (AvgIpc) is 3.21. The second-order valence-electron chi connectivity index (χ2n) is 5.97. The molecule has 0 radical (unpaired) electrons. The lowest BCUT2D eigenvalue weighted by molar-refractivity contribution is 0.0940. The maximum Gasteiger partial charge on any atom is 0.251 e. The van der Waals surface area contributed by atoms with Crippen LogP contribution in [-0.2, 0) is 6.42 Å². The summed E-state index contributed by atoms with van der Waals surface area (Å²) in [5.41, 5.74) is 5.75. The molecule has 0 bridgehead atoms. The highest BCUT2D eigenvalue weighted by Crippen LogP contribution is 2.20. The number of hydrogen-bond acceptors (Lipinski definition) is 3. The smallest absolute Gasteiger partial charge is 0.251 e. The van der Waals surface area contributed by atoms with E-state index in [4.69, 9.17) is 0 Å². The van der Waals surface area contributed by atoms with Crippen molar-refractivity contribution in [3.8, 4) is 0 Å². The van der Waals surface area contributed by atoms with Crippen LogP contribution in [0.2, 0.25) is 0 Å². The Kier molecular flexibility index (Phi) is 3.78. The highest BCUT2D eigenvalue weighted by Gasteiger charge is 2.13. The topological polar surface area (TPSA) is 57.8 Å². The third-order valence-electron chi connectivity index (χ3n) is 4.17. The van der Waals surface area contributed by atoms with Gasteiger partial charge in [0.05, 0.1) is 15.7 Å². The molecular formula is C19H17N3OS. The molecule has 0 saturated heterocycles. The van der Waals surface area contributed by atoms with Crippen molar-refractivity contribution >= 4 is 38.4 Å². The second kappa shape index (κ2) is 6.09. The van der Waals surface area contributed by atoms with Crippen LogP contribution in [0.3, 0.4) is 0 Å². The van der Waals surface area contributed by atoms with E-state index in [1.165, 1.54) is 10.9 Å². The fraction of sp³-hybridized carbons (Fsp3) is 0.158. The van der Waals surface area contributed by atoms with Crippen molar-refractivity contribution in [2.75, 3.05) is 0 Å². The highest BCUT2D eigenvalue weighted by atomic mass is 32.1. The van der Waals surface area contributed by atoms with E-state index in [9.17, 15) is 4.79 Å². The van der Waals surface area contributed by atoms with E-state index >= 15 is 0 Å². The van der Waals surface area contributed by atoms with E-state index in [2.05, 4.69) is 27.4 Å². The molecule has 4 aromatic rings. The minimum atomic E-state index is -0.0439. The maximum absolute atomic E-state index is 12.5. The summed E-state index contributed by atoms with van der Waals surface area (Å²) in [7, 11) is 0. The number of aromatic amines is 1. The van der Waals surface area contributed by atoms with E-state index < -0.39 is 0 Å². The molecule has 2 N–H and O–H groups in total. The molecular weight excluding hydrogens is 318 g/mol. The van der Waals surface area contributed by atoms with Crippen LogP contribution >= 0.6 is 11.3 Å². The number of H-pyrrole nitrogens is 1. The Morgan fingerprint density at radius 1 is 1.29 bits per heavy atom. The molecule has 0 fully saturated rings. The summed E-state index contributed by atoms with van der Waals surface area (Å²) in [6.07, 6.45) is 2.81. The first-order valence-electron chi connectivity index (χ1n) is 7.90. The number of aromatic nitrogens is 2. The first-order chi connectivity index (χ1) is 11.7. The van der Waals surface area contributed by atoms with Gasteiger partial charge in [-0.1, -0.05) is 18.2 Å². The van der Waals surface area contributed by atoms with Gasteiger partial charge in [0.25, 0.3) is 5.91 Å². The van der Waals surface area contributed by atoms with Crippen LogP contribution < -0.4 is 5.32 Å². The Morgan fingerprint density at radius 2 is 2.17 bits per heavy atom. The van der Waals surface area contributed by atoms with Crippen LogP contribution in [0.15, 0.2) is 54.2 Å². The van der Waals surface area contributed by atoms with E-state index in [0.29, 0.717) is 5.56 Å². The van der Waals surface area contributed by atoms with Crippen molar-refractivity contribution in [3.05, 3.63) is 65.3 Å². The van der Waals surface area contributed by atoms with Crippen molar-refractivity contribution in [2.24, 2.45) is 0 Å². The van der Waals surface area contributed by atoms with Gasteiger partial charge >= 0.3 is 0 Å². The second-order valence-corrected chi connectivity index (χ2v) is 6.86. The Bertz CT molecular complexity index is 1020. The van der Waals surface area contributed by atoms with E-state index in [1.807, 2.05) is 43.5 Å². The number of hydrogen-bond donors (Lipinski definition) is 2. The van der Waals surface area contributed by atoms with Crippen molar-refractivity contribution in [3.63, 3.8) is 0 Å². The van der Waals surface area contributed by atoms with Crippen molar-refractivity contribution in [2.45, 2.75) is 19.4 Å². The van der Waals surface area contributed by atoms with Crippen LogP contribution in [0, 0.1) is 0 Å². The van der Waals surface area contributed by atoms with E-state index in [0.717, 1.165) is 22.2 Å². The van der Waals surface area contributed by atoms with Crippen molar-refractivity contribution in [1.82, 2.24) is 15.3 Å². The lowest BCUT2D eigenvalue weighted by Crippen LogP contribution is -2.34. The van der Waals surface area contributed by atoms with Gasteiger partial charge in [0.2, 0.25) is 0 Å². The molecule has 2 aromatic heterocycles. The number of thiazole rings is 1. The number of carbonyl (C=O) groups is 1. The molecule has 1 atom stereocenters. The van der Waals surface area contributed by atoms with Crippen LogP contribution in [0.25, 0.3) is 21.1 Å². The number of nitrogens with one attached hydrogen (secondary N) is 2. The Hall–Kier alpha value is -2.66. The molecule has 120 valence electrons. The quantitative estimate of drug-likeness (QED) is 0.589. The van der Waals surface area contributed by atoms with Crippen LogP contribution in [-0.4, -0.2) is 21.9 Å². The van der Waals surface area contributed by atoms with Crippen LogP contribution in [0.4, 0.5) is 0 Å². The molecule has 4 nitrogen and oxygen atoms in total. The highest BCUT2D eigenvalue weighted by molar-refractivity contribution is 7.16. The fourth-order valence-electron chi connectivity index (χ4n) is 2.98. The molecule has 0 aliphatic rings. The summed E-state index contributed by atoms with van der Waals surface area (Å²) in [5.74, 6) is -0.0439. The van der Waals surface area contributed by atoms with Gasteiger partial charge in [0.1, 0.15) is 0 Å². The largest absolute Gasteiger partial charge is 0.361 e. The zero-order valence-electron chi connectivity index (χ0n) is 13.2. The molecule has 0 spiro atoms. The average molecular weight is 335 g/mol. The number of amides is 1. The summed E-state index contributed by atoms with van der Waals surface area (Å²) in [6, 6.07) is 13.9. The first-order valence-corrected chi connectivity index (χ1v) is 8.78. The zero-order chi connectivity index (χ0) is 16.5. The third-order valence-corrected chi connectivity index (χ3v) is 4.96. The molecule has 0 aliphatic carbocycles. The summed E-state index contributed by atoms with van der Waals surface area (Å²) in [4.78, 5) is 20.0. The van der Waals surface area contributed by atoms with Gasteiger partial charge in [-0.2, -0.15) is 0 Å². The number of nitrogens with zero attached hydrogens (tertiary/aromatic N) is 1. The molecule has 0 unspecified atom stereocenters. The summed E-state index contributed by atoms with van der Waals surface area (Å²) < 4.78 is 1.03. The third kappa shape index (κ3) is 2.78. The molecule has 0 aliphatic heterocycles. The van der Waals surface area contributed by atoms with Gasteiger partial charge in [-0.05, 0) is 43.2 Å². The first kappa shape index (κ1) is 14.9. The minimum absolute atomic E-state index is 0.0439. The molecule has 5 heteroatoms. The molecule has 2 aromatic carbocycles. The minimum Gasteiger partial charge on any atom is -0.361 e. The van der Waals surface area contributed by atoms with Gasteiger partial charge in [0.15, 0.2) is 0 Å². The molecule has 1 amide bonds. The number of fused-ring (bicyclic) bond motifs is 2. The van der Waals surface area contributed by atoms with E-state index in [1.54, 1.807) is 16.8 Å². The standard InChI is InChI=1S/C19H17N3OS/c1-12(8-14-10-20-16-5-3-2-4-15(14)16)22-19(23)13-6-7-17-18(9-13)24-11-21-17/h2-7,9-12,20H,8H2,1H3,(H,22,23)/t12-/m0/s1. The summed E-state index contributed by atoms with van der Waals surface area (Å²) in [5, 5.41) is 4.30. The SMILES string of the molecule is C[C@@H](Cc1c[nH]c2ccccc12)NC(=O)c1ccc2ncsc2c1. The molecule has 24 heavy (non-hydrogen) atoms. The number of benzene rings is 2. The monoisotopic (exact) mass is 335 g/mol. The number of para-hydroxylation sites is 1. The zero-order valence-corrected chi connectivity index (χ0v) is 14.1. The Morgan fingerprint density at radius 3 is 3.08 bits per heavy atom. The van der Waals surface area contributed by atoms with E-state index in [-0.39, 0.29) is 11.9 Å². The number of rotatable bonds is 4. The molecule has 0 saturated carbocycles. The normalized spacial score (nSPS) is 12.5. The van der Waals surface area contributed by atoms with Gasteiger partial charge in [-0.15, -0.1) is 11.3 Å². The lowest BCUT2D eigenvalue weighted by Gasteiger charge is -2.13. The molecule has 4 rings (SSSR count).